The van der Waals surface area contributed by atoms with Gasteiger partial charge in [-0.2, -0.15) is 0 Å². The summed E-state index contributed by atoms with van der Waals surface area (Å²) in [5.74, 6) is 0.946. The molecule has 0 saturated heterocycles. The van der Waals surface area contributed by atoms with Gasteiger partial charge in [-0.3, -0.25) is 9.78 Å². The lowest BCUT2D eigenvalue weighted by Gasteiger charge is -2.32. The lowest BCUT2D eigenvalue weighted by atomic mass is 10.0. The summed E-state index contributed by atoms with van der Waals surface area (Å²) in [6.45, 7) is 3.34. The maximum atomic E-state index is 12.8. The largest absolute Gasteiger partial charge is 0.494 e. The molecule has 5 nitrogen and oxygen atoms in total. The highest BCUT2D eigenvalue weighted by molar-refractivity contribution is 5.97. The van der Waals surface area contributed by atoms with Gasteiger partial charge in [-0.05, 0) is 38.3 Å². The monoisotopic (exact) mass is 277 g/mol. The Hall–Kier alpha value is -1.62. The van der Waals surface area contributed by atoms with Crippen molar-refractivity contribution in [1.82, 2.24) is 9.88 Å². The molecule has 0 bridgehead atoms. The van der Waals surface area contributed by atoms with E-state index in [9.17, 15) is 4.79 Å². The van der Waals surface area contributed by atoms with Crippen LogP contribution in [-0.4, -0.2) is 42.0 Å². The molecule has 1 aliphatic rings. The molecule has 1 amide bonds. The lowest BCUT2D eigenvalue weighted by molar-refractivity contribution is 0.0648. The third kappa shape index (κ3) is 2.77. The molecular weight excluding hydrogens is 254 g/mol. The number of pyridine rings is 1. The van der Waals surface area contributed by atoms with Gasteiger partial charge in [0.1, 0.15) is 5.75 Å². The molecule has 0 aromatic carbocycles. The predicted molar refractivity (Wildman–Crippen MR) is 77.7 cm³/mol. The van der Waals surface area contributed by atoms with Crippen LogP contribution in [-0.2, 0) is 0 Å². The van der Waals surface area contributed by atoms with Crippen molar-refractivity contribution in [3.8, 4) is 5.75 Å². The number of ether oxygens (including phenoxy) is 1. The van der Waals surface area contributed by atoms with E-state index in [4.69, 9.17) is 10.5 Å². The van der Waals surface area contributed by atoms with E-state index in [0.717, 1.165) is 19.3 Å². The standard InChI is InChI=1S/C15H23N3O2/c1-3-18(13-6-4-5-11(13)9-16)15(19)12-7-8-17-10-14(12)20-2/h7-8,10-11,13H,3-6,9,16H2,1-2H3. The molecule has 110 valence electrons. The Bertz CT molecular complexity index is 464. The first-order chi connectivity index (χ1) is 9.72. The molecular formula is C15H23N3O2. The Labute approximate surface area is 120 Å². The molecule has 1 heterocycles. The zero-order valence-corrected chi connectivity index (χ0v) is 12.2. The summed E-state index contributed by atoms with van der Waals surface area (Å²) >= 11 is 0. The summed E-state index contributed by atoms with van der Waals surface area (Å²) in [5.41, 5.74) is 6.41. The van der Waals surface area contributed by atoms with Gasteiger partial charge in [0.2, 0.25) is 0 Å². The minimum Gasteiger partial charge on any atom is -0.494 e. The Balaban J connectivity index is 2.25. The van der Waals surface area contributed by atoms with Crippen LogP contribution < -0.4 is 10.5 Å². The van der Waals surface area contributed by atoms with Crippen LogP contribution in [0.5, 0.6) is 5.75 Å². The highest BCUT2D eigenvalue weighted by atomic mass is 16.5. The van der Waals surface area contributed by atoms with Gasteiger partial charge in [0.05, 0.1) is 18.9 Å². The summed E-state index contributed by atoms with van der Waals surface area (Å²) in [5, 5.41) is 0. The van der Waals surface area contributed by atoms with Crippen molar-refractivity contribution in [1.29, 1.82) is 0 Å². The second-order valence-corrected chi connectivity index (χ2v) is 5.16. The zero-order valence-electron chi connectivity index (χ0n) is 12.2. The predicted octanol–water partition coefficient (Wildman–Crippen LogP) is 1.68. The van der Waals surface area contributed by atoms with E-state index in [0.29, 0.717) is 30.3 Å². The topological polar surface area (TPSA) is 68.5 Å². The molecule has 1 fully saturated rings. The SMILES string of the molecule is CCN(C(=O)c1ccncc1OC)C1CCCC1CN. The van der Waals surface area contributed by atoms with Crippen molar-refractivity contribution >= 4 is 5.91 Å². The van der Waals surface area contributed by atoms with Crippen LogP contribution in [0.3, 0.4) is 0 Å². The second-order valence-electron chi connectivity index (χ2n) is 5.16. The van der Waals surface area contributed by atoms with E-state index >= 15 is 0 Å². The van der Waals surface area contributed by atoms with Crippen LogP contribution in [0.2, 0.25) is 0 Å². The first kappa shape index (κ1) is 14.8. The van der Waals surface area contributed by atoms with Crippen molar-refractivity contribution < 1.29 is 9.53 Å². The second kappa shape index (κ2) is 6.70. The number of carbonyl (C=O) groups is 1. The minimum atomic E-state index is 0.0112. The van der Waals surface area contributed by atoms with Gasteiger partial charge < -0.3 is 15.4 Å². The Kier molecular flexibility index (Phi) is 4.95. The van der Waals surface area contributed by atoms with E-state index in [1.165, 1.54) is 0 Å². The van der Waals surface area contributed by atoms with E-state index in [1.807, 2.05) is 11.8 Å². The first-order valence-electron chi connectivity index (χ1n) is 7.22. The maximum absolute atomic E-state index is 12.8. The molecule has 1 aromatic heterocycles. The molecule has 2 rings (SSSR count). The molecule has 5 heteroatoms. The van der Waals surface area contributed by atoms with Crippen molar-refractivity contribution in [2.75, 3.05) is 20.2 Å². The number of hydrogen-bond acceptors (Lipinski definition) is 4. The number of nitrogens with zero attached hydrogens (tertiary/aromatic N) is 2. The van der Waals surface area contributed by atoms with E-state index < -0.39 is 0 Å². The Morgan fingerprint density at radius 1 is 1.55 bits per heavy atom. The molecule has 1 aliphatic carbocycles. The Morgan fingerprint density at radius 2 is 2.35 bits per heavy atom. The van der Waals surface area contributed by atoms with E-state index in [1.54, 1.807) is 25.6 Å². The normalized spacial score (nSPS) is 21.8. The lowest BCUT2D eigenvalue weighted by Crippen LogP contribution is -2.44. The molecule has 0 aliphatic heterocycles. The van der Waals surface area contributed by atoms with Crippen LogP contribution >= 0.6 is 0 Å². The average Bonchev–Trinajstić information content (AvgIpc) is 2.96. The fourth-order valence-electron chi connectivity index (χ4n) is 3.11. The molecule has 1 aromatic rings. The summed E-state index contributed by atoms with van der Waals surface area (Å²) < 4.78 is 5.24. The molecule has 1 saturated carbocycles. The molecule has 2 atom stereocenters. The number of rotatable bonds is 5. The van der Waals surface area contributed by atoms with Crippen molar-refractivity contribution in [3.63, 3.8) is 0 Å². The van der Waals surface area contributed by atoms with Gasteiger partial charge in [-0.1, -0.05) is 6.42 Å². The molecule has 2 unspecified atom stereocenters. The zero-order chi connectivity index (χ0) is 14.5. The quantitative estimate of drug-likeness (QED) is 0.889. The highest BCUT2D eigenvalue weighted by Crippen LogP contribution is 2.31. The smallest absolute Gasteiger partial charge is 0.257 e. The van der Waals surface area contributed by atoms with Gasteiger partial charge >= 0.3 is 0 Å². The van der Waals surface area contributed by atoms with Crippen molar-refractivity contribution in [2.24, 2.45) is 11.7 Å². The van der Waals surface area contributed by atoms with Crippen LogP contribution in [0.1, 0.15) is 36.5 Å². The van der Waals surface area contributed by atoms with Crippen LogP contribution in [0.15, 0.2) is 18.5 Å². The van der Waals surface area contributed by atoms with Crippen molar-refractivity contribution in [2.45, 2.75) is 32.2 Å². The van der Waals surface area contributed by atoms with Crippen LogP contribution in [0, 0.1) is 5.92 Å². The van der Waals surface area contributed by atoms with Gasteiger partial charge in [-0.25, -0.2) is 0 Å². The fourth-order valence-corrected chi connectivity index (χ4v) is 3.11. The highest BCUT2D eigenvalue weighted by Gasteiger charge is 2.34. The van der Waals surface area contributed by atoms with Crippen LogP contribution in [0.4, 0.5) is 0 Å². The minimum absolute atomic E-state index is 0.0112. The van der Waals surface area contributed by atoms with E-state index in [-0.39, 0.29) is 11.9 Å². The Morgan fingerprint density at radius 3 is 3.00 bits per heavy atom. The van der Waals surface area contributed by atoms with E-state index in [2.05, 4.69) is 4.98 Å². The fraction of sp³-hybridized carbons (Fsp3) is 0.600. The molecule has 0 radical (unpaired) electrons. The third-order valence-electron chi connectivity index (χ3n) is 4.16. The summed E-state index contributed by atoms with van der Waals surface area (Å²) in [6, 6.07) is 1.96. The van der Waals surface area contributed by atoms with Gasteiger partial charge in [0, 0.05) is 18.8 Å². The van der Waals surface area contributed by atoms with Gasteiger partial charge in [0.25, 0.3) is 5.91 Å². The van der Waals surface area contributed by atoms with Crippen LogP contribution in [0.25, 0.3) is 0 Å². The number of amides is 1. The third-order valence-corrected chi connectivity index (χ3v) is 4.16. The number of methoxy groups -OCH3 is 1. The number of nitrogens with two attached hydrogens (primary N) is 1. The van der Waals surface area contributed by atoms with Crippen molar-refractivity contribution in [3.05, 3.63) is 24.0 Å². The van der Waals surface area contributed by atoms with Gasteiger partial charge in [0.15, 0.2) is 0 Å². The summed E-state index contributed by atoms with van der Waals surface area (Å²) in [7, 11) is 1.56. The molecule has 0 spiro atoms. The summed E-state index contributed by atoms with van der Waals surface area (Å²) in [4.78, 5) is 18.7. The molecule has 20 heavy (non-hydrogen) atoms. The maximum Gasteiger partial charge on any atom is 0.257 e. The number of aromatic nitrogens is 1. The summed E-state index contributed by atoms with van der Waals surface area (Å²) in [6.07, 6.45) is 6.49. The molecule has 2 N–H and O–H groups in total. The van der Waals surface area contributed by atoms with Gasteiger partial charge in [-0.15, -0.1) is 0 Å². The number of hydrogen-bond donors (Lipinski definition) is 1. The number of carbonyl (C=O) groups excluding carboxylic acids is 1. The average molecular weight is 277 g/mol. The first-order valence-corrected chi connectivity index (χ1v) is 7.22.